The van der Waals surface area contributed by atoms with Crippen LogP contribution in [-0.4, -0.2) is 37.8 Å². The molecule has 1 aliphatic rings. The van der Waals surface area contributed by atoms with Crippen molar-refractivity contribution in [2.45, 2.75) is 6.42 Å². The van der Waals surface area contributed by atoms with Crippen molar-refractivity contribution in [3.8, 4) is 11.5 Å². The normalized spacial score (nSPS) is 16.3. The van der Waals surface area contributed by atoms with Gasteiger partial charge in [-0.1, -0.05) is 24.3 Å². The van der Waals surface area contributed by atoms with Crippen LogP contribution in [0.5, 0.6) is 11.5 Å². The monoisotopic (exact) mass is 344 g/mol. The number of hydrogen-bond acceptors (Lipinski definition) is 5. The first-order valence-corrected chi connectivity index (χ1v) is 9.58. The lowest BCUT2D eigenvalue weighted by molar-refractivity contribution is 0.248. The molecule has 0 aliphatic carbocycles. The maximum Gasteiger partial charge on any atom is 0.142 e. The summed E-state index contributed by atoms with van der Waals surface area (Å²) < 4.78 is 11.8. The highest BCUT2D eigenvalue weighted by molar-refractivity contribution is 7.99. The molecule has 0 bridgehead atoms. The molecule has 3 rings (SSSR count). The molecule has 0 fully saturated rings. The van der Waals surface area contributed by atoms with Crippen molar-refractivity contribution in [1.82, 2.24) is 0 Å². The zero-order valence-corrected chi connectivity index (χ0v) is 14.6. The van der Waals surface area contributed by atoms with Gasteiger partial charge in [-0.15, -0.1) is 0 Å². The second-order valence-corrected chi connectivity index (χ2v) is 6.73. The van der Waals surface area contributed by atoms with Gasteiger partial charge in [0.1, 0.15) is 11.5 Å². The number of thioether (sulfide) groups is 1. The van der Waals surface area contributed by atoms with E-state index in [1.165, 1.54) is 0 Å². The number of nitrogens with one attached hydrogen (secondary N) is 2. The quantitative estimate of drug-likeness (QED) is 0.753. The molecule has 2 N–H and O–H groups in total. The standard InChI is InChI=1S/C19H24N2O2S/c1-3-8-18-16(6-1)20-10-14-24-15-11-21-17-7-2-4-9-19(17)23-13-5-12-22-18/h1-4,6-9,20-21H,5,10-15H2. The summed E-state index contributed by atoms with van der Waals surface area (Å²) in [5.74, 6) is 3.95. The van der Waals surface area contributed by atoms with Gasteiger partial charge in [-0.2, -0.15) is 11.8 Å². The Bertz CT molecular complexity index is 583. The smallest absolute Gasteiger partial charge is 0.142 e. The number of anilines is 2. The zero-order chi connectivity index (χ0) is 16.5. The Morgan fingerprint density at radius 1 is 0.708 bits per heavy atom. The molecule has 0 spiro atoms. The average Bonchev–Trinajstić information content (AvgIpc) is 2.62. The Kier molecular flexibility index (Phi) is 6.54. The third-order valence-electron chi connectivity index (χ3n) is 3.70. The van der Waals surface area contributed by atoms with Crippen LogP contribution in [0.15, 0.2) is 48.5 Å². The Morgan fingerprint density at radius 3 is 1.75 bits per heavy atom. The molecule has 0 saturated heterocycles. The van der Waals surface area contributed by atoms with E-state index in [1.807, 2.05) is 48.2 Å². The first kappa shape index (κ1) is 16.8. The minimum absolute atomic E-state index is 0.642. The number of benzene rings is 2. The van der Waals surface area contributed by atoms with E-state index in [1.54, 1.807) is 0 Å². The van der Waals surface area contributed by atoms with Gasteiger partial charge in [0, 0.05) is 31.0 Å². The number of para-hydroxylation sites is 4. The summed E-state index contributed by atoms with van der Waals surface area (Å²) >= 11 is 1.93. The topological polar surface area (TPSA) is 42.5 Å². The Labute approximate surface area is 147 Å². The fraction of sp³-hybridized carbons (Fsp3) is 0.368. The van der Waals surface area contributed by atoms with Crippen LogP contribution in [0, 0.1) is 0 Å². The SMILES string of the molecule is c1ccc2c(c1)NCCSCCNc1ccccc1OCCCO2. The molecule has 0 atom stereocenters. The van der Waals surface area contributed by atoms with E-state index in [4.69, 9.17) is 9.47 Å². The molecular weight excluding hydrogens is 320 g/mol. The van der Waals surface area contributed by atoms with Crippen LogP contribution >= 0.6 is 11.8 Å². The van der Waals surface area contributed by atoms with Gasteiger partial charge in [0.05, 0.1) is 24.6 Å². The highest BCUT2D eigenvalue weighted by atomic mass is 32.2. The van der Waals surface area contributed by atoms with E-state index in [9.17, 15) is 0 Å². The lowest BCUT2D eigenvalue weighted by Gasteiger charge is -2.16. The lowest BCUT2D eigenvalue weighted by Crippen LogP contribution is -2.12. The second kappa shape index (κ2) is 9.33. The molecule has 0 unspecified atom stereocenters. The minimum atomic E-state index is 0.642. The van der Waals surface area contributed by atoms with Crippen molar-refractivity contribution >= 4 is 23.1 Å². The van der Waals surface area contributed by atoms with Gasteiger partial charge in [-0.25, -0.2) is 0 Å². The summed E-state index contributed by atoms with van der Waals surface area (Å²) in [7, 11) is 0. The average molecular weight is 344 g/mol. The first-order valence-electron chi connectivity index (χ1n) is 8.42. The van der Waals surface area contributed by atoms with Gasteiger partial charge in [0.25, 0.3) is 0 Å². The maximum absolute atomic E-state index is 5.91. The predicted octanol–water partition coefficient (Wildman–Crippen LogP) is 4.11. The van der Waals surface area contributed by atoms with Crippen molar-refractivity contribution < 1.29 is 9.47 Å². The number of ether oxygens (including phenoxy) is 2. The molecule has 128 valence electrons. The van der Waals surface area contributed by atoms with Gasteiger partial charge < -0.3 is 20.1 Å². The Morgan fingerprint density at radius 2 is 1.21 bits per heavy atom. The highest BCUT2D eigenvalue weighted by Gasteiger charge is 2.05. The van der Waals surface area contributed by atoms with Crippen LogP contribution in [0.1, 0.15) is 6.42 Å². The lowest BCUT2D eigenvalue weighted by atomic mass is 10.3. The zero-order valence-electron chi connectivity index (χ0n) is 13.8. The van der Waals surface area contributed by atoms with Gasteiger partial charge in [-0.3, -0.25) is 0 Å². The van der Waals surface area contributed by atoms with Crippen LogP contribution in [0.4, 0.5) is 11.4 Å². The van der Waals surface area contributed by atoms with Crippen LogP contribution in [-0.2, 0) is 0 Å². The first-order chi connectivity index (χ1) is 11.9. The molecule has 0 amide bonds. The summed E-state index contributed by atoms with van der Waals surface area (Å²) in [5, 5.41) is 6.93. The highest BCUT2D eigenvalue weighted by Crippen LogP contribution is 2.25. The van der Waals surface area contributed by atoms with Crippen molar-refractivity contribution in [3.63, 3.8) is 0 Å². The molecule has 5 heteroatoms. The molecule has 1 heterocycles. The van der Waals surface area contributed by atoms with E-state index < -0.39 is 0 Å². The van der Waals surface area contributed by atoms with Crippen LogP contribution in [0.2, 0.25) is 0 Å². The molecule has 2 aromatic rings. The Balaban J connectivity index is 1.63. The number of fused-ring (bicyclic) bond motifs is 2. The molecular formula is C19H24N2O2S. The van der Waals surface area contributed by atoms with Gasteiger partial charge in [-0.05, 0) is 24.3 Å². The van der Waals surface area contributed by atoms with Crippen LogP contribution in [0.3, 0.4) is 0 Å². The summed E-state index contributed by atoms with van der Waals surface area (Å²) in [5.41, 5.74) is 2.13. The number of hydrogen-bond donors (Lipinski definition) is 2. The molecule has 0 radical (unpaired) electrons. The maximum atomic E-state index is 5.91. The fourth-order valence-corrected chi connectivity index (χ4v) is 3.21. The summed E-state index contributed by atoms with van der Waals surface area (Å²) in [6.07, 6.45) is 0.846. The van der Waals surface area contributed by atoms with E-state index in [-0.39, 0.29) is 0 Å². The predicted molar refractivity (Wildman–Crippen MR) is 103 cm³/mol. The van der Waals surface area contributed by atoms with E-state index >= 15 is 0 Å². The minimum Gasteiger partial charge on any atom is -0.491 e. The third-order valence-corrected chi connectivity index (χ3v) is 4.69. The summed E-state index contributed by atoms with van der Waals surface area (Å²) in [4.78, 5) is 0. The molecule has 2 aromatic carbocycles. The van der Waals surface area contributed by atoms with Crippen LogP contribution in [0.25, 0.3) is 0 Å². The third kappa shape index (κ3) is 4.99. The second-order valence-electron chi connectivity index (χ2n) is 5.51. The summed E-state index contributed by atoms with van der Waals surface area (Å²) in [6.45, 7) is 3.15. The molecule has 0 saturated carbocycles. The van der Waals surface area contributed by atoms with Gasteiger partial charge in [0.15, 0.2) is 0 Å². The van der Waals surface area contributed by atoms with E-state index in [0.717, 1.165) is 53.9 Å². The summed E-state index contributed by atoms with van der Waals surface area (Å²) in [6, 6.07) is 16.2. The van der Waals surface area contributed by atoms with Crippen LogP contribution < -0.4 is 20.1 Å². The molecule has 24 heavy (non-hydrogen) atoms. The molecule has 4 nitrogen and oxygen atoms in total. The molecule has 1 aliphatic heterocycles. The van der Waals surface area contributed by atoms with Crippen molar-refractivity contribution in [1.29, 1.82) is 0 Å². The molecule has 0 aromatic heterocycles. The van der Waals surface area contributed by atoms with Crippen molar-refractivity contribution in [2.24, 2.45) is 0 Å². The van der Waals surface area contributed by atoms with Gasteiger partial charge >= 0.3 is 0 Å². The largest absolute Gasteiger partial charge is 0.491 e. The van der Waals surface area contributed by atoms with E-state index in [2.05, 4.69) is 22.8 Å². The van der Waals surface area contributed by atoms with Gasteiger partial charge in [0.2, 0.25) is 0 Å². The van der Waals surface area contributed by atoms with E-state index in [0.29, 0.717) is 13.2 Å². The number of rotatable bonds is 0. The van der Waals surface area contributed by atoms with Crippen molar-refractivity contribution in [2.75, 3.05) is 48.4 Å². The van der Waals surface area contributed by atoms with Crippen molar-refractivity contribution in [3.05, 3.63) is 48.5 Å². The fourth-order valence-electron chi connectivity index (χ4n) is 2.52. The Hall–Kier alpha value is -2.01.